The topological polar surface area (TPSA) is 83.7 Å². The second-order valence-corrected chi connectivity index (χ2v) is 6.86. The first-order chi connectivity index (χ1) is 11.4. The van der Waals surface area contributed by atoms with E-state index in [1.54, 1.807) is 12.1 Å². The summed E-state index contributed by atoms with van der Waals surface area (Å²) in [4.78, 5) is 39.6. The minimum absolute atomic E-state index is 0.142. The Morgan fingerprint density at radius 1 is 1.25 bits per heavy atom. The molecule has 3 rings (SSSR count). The van der Waals surface area contributed by atoms with E-state index in [1.807, 2.05) is 17.9 Å². The number of piperidine rings is 1. The number of hydrogen-bond acceptors (Lipinski definition) is 4. The van der Waals surface area contributed by atoms with Gasteiger partial charge in [-0.2, -0.15) is 0 Å². The first-order valence-electron chi connectivity index (χ1n) is 8.05. The maximum atomic E-state index is 12.8. The molecule has 0 unspecified atom stereocenters. The third-order valence-electron chi connectivity index (χ3n) is 4.84. The molecule has 2 saturated heterocycles. The Hall–Kier alpha value is -1.92. The minimum atomic E-state index is -0.483. The summed E-state index contributed by atoms with van der Waals surface area (Å²) < 4.78 is 0. The highest BCUT2D eigenvalue weighted by Crippen LogP contribution is 2.33. The molecule has 2 N–H and O–H groups in total. The molecular formula is C17H20ClN3O3. The van der Waals surface area contributed by atoms with Crippen molar-refractivity contribution in [3.63, 3.8) is 0 Å². The highest BCUT2D eigenvalue weighted by Gasteiger charge is 2.44. The molecule has 7 heteroatoms. The van der Waals surface area contributed by atoms with E-state index in [4.69, 9.17) is 17.3 Å². The normalized spacial score (nSPS) is 23.1. The van der Waals surface area contributed by atoms with Crippen LogP contribution in [0.5, 0.6) is 0 Å². The summed E-state index contributed by atoms with van der Waals surface area (Å²) in [6, 6.07) is 4.79. The van der Waals surface area contributed by atoms with Gasteiger partial charge in [-0.1, -0.05) is 17.7 Å². The van der Waals surface area contributed by atoms with Gasteiger partial charge >= 0.3 is 0 Å². The number of imide groups is 1. The minimum Gasteiger partial charge on any atom is -0.369 e. The number of aryl methyl sites for hydroxylation is 1. The number of nitrogens with two attached hydrogens (primary N) is 1. The van der Waals surface area contributed by atoms with Gasteiger partial charge in [0.05, 0.1) is 23.2 Å². The highest BCUT2D eigenvalue weighted by molar-refractivity contribution is 6.36. The van der Waals surface area contributed by atoms with E-state index in [2.05, 4.69) is 0 Å². The van der Waals surface area contributed by atoms with Crippen LogP contribution < -0.4 is 10.6 Å². The van der Waals surface area contributed by atoms with E-state index in [9.17, 15) is 14.4 Å². The van der Waals surface area contributed by atoms with Gasteiger partial charge in [-0.3, -0.25) is 19.3 Å². The molecular weight excluding hydrogens is 330 g/mol. The van der Waals surface area contributed by atoms with Crippen LogP contribution >= 0.6 is 11.6 Å². The number of nitrogens with zero attached hydrogens (tertiary/aromatic N) is 2. The molecule has 2 fully saturated rings. The Morgan fingerprint density at radius 2 is 1.92 bits per heavy atom. The Balaban J connectivity index is 1.76. The van der Waals surface area contributed by atoms with Crippen molar-refractivity contribution in [1.82, 2.24) is 4.90 Å². The fourth-order valence-electron chi connectivity index (χ4n) is 3.44. The molecule has 128 valence electrons. The van der Waals surface area contributed by atoms with E-state index in [1.165, 1.54) is 4.90 Å². The molecule has 24 heavy (non-hydrogen) atoms. The lowest BCUT2D eigenvalue weighted by Crippen LogP contribution is -2.47. The lowest BCUT2D eigenvalue weighted by molar-refractivity contribution is -0.124. The predicted molar refractivity (Wildman–Crippen MR) is 90.6 cm³/mol. The zero-order valence-electron chi connectivity index (χ0n) is 13.5. The first-order valence-corrected chi connectivity index (χ1v) is 8.42. The lowest BCUT2D eigenvalue weighted by atomic mass is 9.95. The zero-order valence-corrected chi connectivity index (χ0v) is 14.3. The van der Waals surface area contributed by atoms with Crippen molar-refractivity contribution in [2.45, 2.75) is 32.2 Å². The molecule has 0 saturated carbocycles. The van der Waals surface area contributed by atoms with Crippen molar-refractivity contribution in [3.8, 4) is 0 Å². The Bertz CT molecular complexity index is 698. The fourth-order valence-corrected chi connectivity index (χ4v) is 3.76. The molecule has 2 heterocycles. The number of halogens is 1. The summed E-state index contributed by atoms with van der Waals surface area (Å²) in [6.07, 6.45) is 1.39. The van der Waals surface area contributed by atoms with E-state index >= 15 is 0 Å². The van der Waals surface area contributed by atoms with Crippen molar-refractivity contribution in [2.75, 3.05) is 18.0 Å². The third-order valence-corrected chi connectivity index (χ3v) is 5.14. The number of carbonyl (C=O) groups excluding carboxylic acids is 3. The third kappa shape index (κ3) is 3.03. The number of carbonyl (C=O) groups is 3. The van der Waals surface area contributed by atoms with Gasteiger partial charge in [0.2, 0.25) is 11.8 Å². The van der Waals surface area contributed by atoms with Gasteiger partial charge in [-0.05, 0) is 50.6 Å². The van der Waals surface area contributed by atoms with Crippen LogP contribution in [0.1, 0.15) is 24.8 Å². The summed E-state index contributed by atoms with van der Waals surface area (Å²) in [5, 5.41) is 0.393. The van der Waals surface area contributed by atoms with E-state index in [0.29, 0.717) is 36.6 Å². The Morgan fingerprint density at radius 3 is 2.50 bits per heavy atom. The van der Waals surface area contributed by atoms with Crippen molar-refractivity contribution >= 4 is 35.0 Å². The van der Waals surface area contributed by atoms with Crippen molar-refractivity contribution in [2.24, 2.45) is 11.7 Å². The molecule has 2 aliphatic rings. The monoisotopic (exact) mass is 349 g/mol. The van der Waals surface area contributed by atoms with E-state index in [0.717, 1.165) is 5.56 Å². The molecule has 2 aliphatic heterocycles. The number of rotatable bonds is 3. The number of primary amides is 1. The van der Waals surface area contributed by atoms with Crippen LogP contribution in [0.4, 0.5) is 5.69 Å². The molecule has 1 aromatic rings. The molecule has 3 amide bonds. The highest BCUT2D eigenvalue weighted by atomic mass is 35.5. The fraction of sp³-hybridized carbons (Fsp3) is 0.471. The van der Waals surface area contributed by atoms with Crippen molar-refractivity contribution in [1.29, 1.82) is 0 Å². The van der Waals surface area contributed by atoms with Crippen LogP contribution in [0.2, 0.25) is 5.02 Å². The molecule has 0 aromatic heterocycles. The average molecular weight is 350 g/mol. The summed E-state index contributed by atoms with van der Waals surface area (Å²) >= 11 is 6.22. The maximum Gasteiger partial charge on any atom is 0.251 e. The van der Waals surface area contributed by atoms with E-state index in [-0.39, 0.29) is 30.1 Å². The Kier molecular flexibility index (Phi) is 4.60. The average Bonchev–Trinajstić information content (AvgIpc) is 2.83. The van der Waals surface area contributed by atoms with Crippen LogP contribution in [0, 0.1) is 12.8 Å². The SMILES string of the molecule is Cc1ccc(N2C(=O)C[C@@H](N3CCC(C(N)=O)CC3)C2=O)c(Cl)c1. The molecule has 1 aromatic carbocycles. The van der Waals surface area contributed by atoms with Gasteiger partial charge in [-0.25, -0.2) is 4.90 Å². The quantitative estimate of drug-likeness (QED) is 0.838. The summed E-state index contributed by atoms with van der Waals surface area (Å²) in [5.41, 5.74) is 6.74. The van der Waals surface area contributed by atoms with Crippen LogP contribution in [-0.2, 0) is 14.4 Å². The molecule has 6 nitrogen and oxygen atoms in total. The predicted octanol–water partition coefficient (Wildman–Crippen LogP) is 1.48. The van der Waals surface area contributed by atoms with Gasteiger partial charge in [0.1, 0.15) is 0 Å². The van der Waals surface area contributed by atoms with Gasteiger partial charge in [0, 0.05) is 5.92 Å². The van der Waals surface area contributed by atoms with Gasteiger partial charge in [0.15, 0.2) is 0 Å². The number of benzene rings is 1. The summed E-state index contributed by atoms with van der Waals surface area (Å²) in [6.45, 7) is 3.08. The van der Waals surface area contributed by atoms with Crippen LogP contribution in [0.3, 0.4) is 0 Å². The summed E-state index contributed by atoms with van der Waals surface area (Å²) in [5.74, 6) is -0.927. The molecule has 0 spiro atoms. The van der Waals surface area contributed by atoms with Crippen molar-refractivity contribution in [3.05, 3.63) is 28.8 Å². The van der Waals surface area contributed by atoms with Gasteiger partial charge in [-0.15, -0.1) is 0 Å². The van der Waals surface area contributed by atoms with Crippen molar-refractivity contribution < 1.29 is 14.4 Å². The van der Waals surface area contributed by atoms with E-state index < -0.39 is 6.04 Å². The number of anilines is 1. The second-order valence-electron chi connectivity index (χ2n) is 6.45. The second kappa shape index (κ2) is 6.53. The largest absolute Gasteiger partial charge is 0.369 e. The lowest BCUT2D eigenvalue weighted by Gasteiger charge is -2.33. The van der Waals surface area contributed by atoms with Gasteiger partial charge < -0.3 is 5.73 Å². The molecule has 0 aliphatic carbocycles. The Labute approximate surface area is 145 Å². The number of hydrogen-bond donors (Lipinski definition) is 1. The van der Waals surface area contributed by atoms with Crippen LogP contribution in [0.15, 0.2) is 18.2 Å². The smallest absolute Gasteiger partial charge is 0.251 e. The molecule has 0 radical (unpaired) electrons. The standard InChI is InChI=1S/C17H20ClN3O3/c1-10-2-3-13(12(18)8-10)21-15(22)9-14(17(21)24)20-6-4-11(5-7-20)16(19)23/h2-3,8,11,14H,4-7,9H2,1H3,(H2,19,23)/t14-/m1/s1. The number of amides is 3. The van der Waals surface area contributed by atoms with Crippen LogP contribution in [-0.4, -0.2) is 41.8 Å². The molecule has 0 bridgehead atoms. The molecule has 1 atom stereocenters. The maximum absolute atomic E-state index is 12.8. The van der Waals surface area contributed by atoms with Crippen LogP contribution in [0.25, 0.3) is 0 Å². The van der Waals surface area contributed by atoms with Gasteiger partial charge in [0.25, 0.3) is 5.91 Å². The first kappa shape index (κ1) is 16.9. The summed E-state index contributed by atoms with van der Waals surface area (Å²) in [7, 11) is 0. The zero-order chi connectivity index (χ0) is 17.4. The number of likely N-dealkylation sites (tertiary alicyclic amines) is 1.